The van der Waals surface area contributed by atoms with Crippen molar-refractivity contribution in [2.45, 2.75) is 26.3 Å². The van der Waals surface area contributed by atoms with Gasteiger partial charge in [-0.05, 0) is 25.1 Å². The van der Waals surface area contributed by atoms with Gasteiger partial charge in [-0.25, -0.2) is 4.79 Å². The van der Waals surface area contributed by atoms with Crippen molar-refractivity contribution >= 4 is 35.1 Å². The number of rotatable bonds is 9. The first-order valence-corrected chi connectivity index (χ1v) is 8.76. The number of nitrogens with zero attached hydrogens (tertiary/aromatic N) is 1. The Kier molecular flexibility index (Phi) is 9.09. The first-order valence-electron chi connectivity index (χ1n) is 8.38. The second-order valence-electron chi connectivity index (χ2n) is 6.15. The standard InChI is InChI=1S/C18H26ClN3O4/c1-5-12(2)17(18(25)26-4)21-16(24)11-22(3)10-15(23)20-14-9-7-6-8-13(14)19/h6-9,12,17H,5,10-11H2,1-4H3,(H,20,23)(H,21,24)/t12-,17-/m1/s1. The van der Waals surface area contributed by atoms with E-state index in [0.717, 1.165) is 6.42 Å². The Bertz CT molecular complexity index is 639. The SMILES string of the molecule is CC[C@@H](C)[C@@H](NC(=O)CN(C)CC(=O)Nc1ccccc1Cl)C(=O)OC. The fourth-order valence-corrected chi connectivity index (χ4v) is 2.50. The Morgan fingerprint density at radius 3 is 2.38 bits per heavy atom. The van der Waals surface area contributed by atoms with E-state index in [4.69, 9.17) is 16.3 Å². The number of carbonyl (C=O) groups is 3. The number of para-hydroxylation sites is 1. The van der Waals surface area contributed by atoms with Crippen molar-refractivity contribution in [3.63, 3.8) is 0 Å². The van der Waals surface area contributed by atoms with Crippen molar-refractivity contribution in [2.24, 2.45) is 5.92 Å². The number of hydrogen-bond donors (Lipinski definition) is 2. The van der Waals surface area contributed by atoms with Crippen molar-refractivity contribution in [1.29, 1.82) is 0 Å². The summed E-state index contributed by atoms with van der Waals surface area (Å²) in [5, 5.41) is 5.81. The van der Waals surface area contributed by atoms with Gasteiger partial charge in [0.2, 0.25) is 11.8 Å². The van der Waals surface area contributed by atoms with E-state index in [1.54, 1.807) is 36.2 Å². The van der Waals surface area contributed by atoms with Gasteiger partial charge in [0.15, 0.2) is 0 Å². The Balaban J connectivity index is 2.54. The van der Waals surface area contributed by atoms with E-state index in [2.05, 4.69) is 10.6 Å². The van der Waals surface area contributed by atoms with Gasteiger partial charge in [0.1, 0.15) is 6.04 Å². The molecule has 1 rings (SSSR count). The second-order valence-corrected chi connectivity index (χ2v) is 6.56. The van der Waals surface area contributed by atoms with Crippen LogP contribution in [0.15, 0.2) is 24.3 Å². The number of halogens is 1. The lowest BCUT2D eigenvalue weighted by atomic mass is 9.99. The van der Waals surface area contributed by atoms with E-state index in [1.165, 1.54) is 7.11 Å². The predicted octanol–water partition coefficient (Wildman–Crippen LogP) is 1.91. The molecule has 7 nitrogen and oxygen atoms in total. The molecule has 8 heteroatoms. The van der Waals surface area contributed by atoms with Crippen molar-refractivity contribution < 1.29 is 19.1 Å². The molecule has 1 aromatic carbocycles. The van der Waals surface area contributed by atoms with Crippen molar-refractivity contribution in [3.05, 3.63) is 29.3 Å². The third kappa shape index (κ3) is 7.01. The molecule has 144 valence electrons. The molecule has 0 radical (unpaired) electrons. The van der Waals surface area contributed by atoms with Crippen LogP contribution in [0.25, 0.3) is 0 Å². The van der Waals surface area contributed by atoms with E-state index >= 15 is 0 Å². The van der Waals surface area contributed by atoms with Crippen molar-refractivity contribution in [3.8, 4) is 0 Å². The highest BCUT2D eigenvalue weighted by molar-refractivity contribution is 6.33. The van der Waals surface area contributed by atoms with Crippen molar-refractivity contribution in [1.82, 2.24) is 10.2 Å². The largest absolute Gasteiger partial charge is 0.467 e. The molecule has 1 aromatic rings. The molecule has 0 saturated heterocycles. The summed E-state index contributed by atoms with van der Waals surface area (Å²) in [6.45, 7) is 3.77. The number of hydrogen-bond acceptors (Lipinski definition) is 5. The molecule has 0 aliphatic heterocycles. The van der Waals surface area contributed by atoms with Crippen LogP contribution >= 0.6 is 11.6 Å². The number of methoxy groups -OCH3 is 1. The normalized spacial score (nSPS) is 13.0. The van der Waals surface area contributed by atoms with E-state index in [9.17, 15) is 14.4 Å². The lowest BCUT2D eigenvalue weighted by Gasteiger charge is -2.23. The highest BCUT2D eigenvalue weighted by Gasteiger charge is 2.27. The fraction of sp³-hybridized carbons (Fsp3) is 0.500. The topological polar surface area (TPSA) is 87.7 Å². The van der Waals surface area contributed by atoms with Crippen LogP contribution in [-0.4, -0.2) is 56.0 Å². The van der Waals surface area contributed by atoms with Crippen LogP contribution in [-0.2, 0) is 19.1 Å². The number of likely N-dealkylation sites (N-methyl/N-ethyl adjacent to an activating group) is 1. The highest BCUT2D eigenvalue weighted by atomic mass is 35.5. The molecule has 0 heterocycles. The monoisotopic (exact) mass is 383 g/mol. The first-order chi connectivity index (χ1) is 12.3. The van der Waals surface area contributed by atoms with Gasteiger partial charge < -0.3 is 15.4 Å². The van der Waals surface area contributed by atoms with E-state index in [0.29, 0.717) is 10.7 Å². The molecule has 0 saturated carbocycles. The maximum atomic E-state index is 12.2. The third-order valence-corrected chi connectivity index (χ3v) is 4.29. The van der Waals surface area contributed by atoms with Gasteiger partial charge in [0.05, 0.1) is 30.9 Å². The van der Waals surface area contributed by atoms with E-state index in [-0.39, 0.29) is 30.8 Å². The summed E-state index contributed by atoms with van der Waals surface area (Å²) >= 11 is 6.00. The smallest absolute Gasteiger partial charge is 0.328 e. The zero-order valence-electron chi connectivity index (χ0n) is 15.5. The minimum atomic E-state index is -0.706. The molecule has 0 aliphatic rings. The second kappa shape index (κ2) is 10.8. The van der Waals surface area contributed by atoms with Crippen LogP contribution < -0.4 is 10.6 Å². The lowest BCUT2D eigenvalue weighted by Crippen LogP contribution is -2.49. The molecule has 0 aromatic heterocycles. The van der Waals surface area contributed by atoms with Crippen LogP contribution in [0.4, 0.5) is 5.69 Å². The summed E-state index contributed by atoms with van der Waals surface area (Å²) in [6.07, 6.45) is 0.718. The average molecular weight is 384 g/mol. The molecule has 0 spiro atoms. The predicted molar refractivity (Wildman–Crippen MR) is 101 cm³/mol. The zero-order chi connectivity index (χ0) is 19.7. The van der Waals surface area contributed by atoms with Crippen molar-refractivity contribution in [2.75, 3.05) is 32.6 Å². The molecule has 0 unspecified atom stereocenters. The molecule has 2 atom stereocenters. The van der Waals surface area contributed by atoms with Gasteiger partial charge >= 0.3 is 5.97 Å². The number of amides is 2. The fourth-order valence-electron chi connectivity index (χ4n) is 2.31. The molecule has 2 N–H and O–H groups in total. The molecule has 0 fully saturated rings. The lowest BCUT2D eigenvalue weighted by molar-refractivity contribution is -0.146. The quantitative estimate of drug-likeness (QED) is 0.636. The number of nitrogens with one attached hydrogen (secondary N) is 2. The maximum absolute atomic E-state index is 12.2. The summed E-state index contributed by atoms with van der Waals surface area (Å²) in [6, 6.07) is 6.20. The van der Waals surface area contributed by atoms with Crippen LogP contribution in [0.2, 0.25) is 5.02 Å². The maximum Gasteiger partial charge on any atom is 0.328 e. The highest BCUT2D eigenvalue weighted by Crippen LogP contribution is 2.20. The van der Waals surface area contributed by atoms with Gasteiger partial charge in [-0.2, -0.15) is 0 Å². The molecule has 0 aliphatic carbocycles. The summed E-state index contributed by atoms with van der Waals surface area (Å²) in [5.41, 5.74) is 0.513. The summed E-state index contributed by atoms with van der Waals surface area (Å²) in [4.78, 5) is 37.6. The van der Waals surface area contributed by atoms with Gasteiger partial charge in [0.25, 0.3) is 0 Å². The Morgan fingerprint density at radius 1 is 1.19 bits per heavy atom. The Hall–Kier alpha value is -2.12. The molecular weight excluding hydrogens is 358 g/mol. The van der Waals surface area contributed by atoms with E-state index < -0.39 is 12.0 Å². The molecule has 2 amide bonds. The number of benzene rings is 1. The average Bonchev–Trinajstić information content (AvgIpc) is 2.60. The molecule has 0 bridgehead atoms. The van der Waals surface area contributed by atoms with Crippen LogP contribution in [0, 0.1) is 5.92 Å². The zero-order valence-corrected chi connectivity index (χ0v) is 16.3. The summed E-state index contributed by atoms with van der Waals surface area (Å²) in [7, 11) is 2.93. The third-order valence-electron chi connectivity index (χ3n) is 3.96. The summed E-state index contributed by atoms with van der Waals surface area (Å²) in [5.74, 6) is -1.18. The molecular formula is C18H26ClN3O4. The Labute approximate surface area is 159 Å². The number of esters is 1. The van der Waals surface area contributed by atoms with Crippen LogP contribution in [0.3, 0.4) is 0 Å². The number of ether oxygens (including phenoxy) is 1. The first kappa shape index (κ1) is 21.9. The van der Waals surface area contributed by atoms with E-state index in [1.807, 2.05) is 13.8 Å². The summed E-state index contributed by atoms with van der Waals surface area (Å²) < 4.78 is 4.74. The van der Waals surface area contributed by atoms with Gasteiger partial charge in [-0.3, -0.25) is 14.5 Å². The van der Waals surface area contributed by atoms with Crippen LogP contribution in [0.1, 0.15) is 20.3 Å². The Morgan fingerprint density at radius 2 is 1.81 bits per heavy atom. The van der Waals surface area contributed by atoms with Gasteiger partial charge in [-0.15, -0.1) is 0 Å². The minimum absolute atomic E-state index is 0.00483. The van der Waals surface area contributed by atoms with Crippen LogP contribution in [0.5, 0.6) is 0 Å². The van der Waals surface area contributed by atoms with Gasteiger partial charge in [-0.1, -0.05) is 44.0 Å². The molecule has 26 heavy (non-hydrogen) atoms. The number of carbonyl (C=O) groups excluding carboxylic acids is 3. The minimum Gasteiger partial charge on any atom is -0.467 e. The van der Waals surface area contributed by atoms with Gasteiger partial charge in [0, 0.05) is 0 Å². The number of anilines is 1.